The molecule has 0 saturated carbocycles. The summed E-state index contributed by atoms with van der Waals surface area (Å²) in [5.74, 6) is -0.815. The van der Waals surface area contributed by atoms with E-state index in [0.717, 1.165) is 29.2 Å². The Hall–Kier alpha value is -1.77. The molecule has 132 valence electrons. The summed E-state index contributed by atoms with van der Waals surface area (Å²) in [6.45, 7) is 2.53. The number of nitrogens with one attached hydrogen (secondary N) is 4. The summed E-state index contributed by atoms with van der Waals surface area (Å²) in [6, 6.07) is 7.19. The molecule has 0 bridgehead atoms. The predicted octanol–water partition coefficient (Wildman–Crippen LogP) is 2.58. The second kappa shape index (κ2) is 10.9. The average Bonchev–Trinajstić information content (AvgIpc) is 2.52. The summed E-state index contributed by atoms with van der Waals surface area (Å²) >= 11 is 10.2. The molecule has 0 fully saturated rings. The molecule has 5 N–H and O–H groups in total. The van der Waals surface area contributed by atoms with Gasteiger partial charge in [0.1, 0.15) is 6.04 Å². The van der Waals surface area contributed by atoms with Crippen molar-refractivity contribution in [2.45, 2.75) is 32.2 Å². The van der Waals surface area contributed by atoms with Crippen LogP contribution >= 0.6 is 24.4 Å². The minimum atomic E-state index is -0.815. The lowest BCUT2D eigenvalue weighted by molar-refractivity contribution is -0.139. The van der Waals surface area contributed by atoms with Crippen LogP contribution < -0.4 is 21.3 Å². The Morgan fingerprint density at radius 3 is 2.21 bits per heavy atom. The highest BCUT2D eigenvalue weighted by molar-refractivity contribution is 7.80. The smallest absolute Gasteiger partial charge is 0.320 e. The third-order valence-corrected chi connectivity index (χ3v) is 3.66. The van der Waals surface area contributed by atoms with E-state index < -0.39 is 12.0 Å². The minimum Gasteiger partial charge on any atom is -0.480 e. The van der Waals surface area contributed by atoms with Crippen molar-refractivity contribution < 1.29 is 9.90 Å². The largest absolute Gasteiger partial charge is 0.480 e. The number of anilines is 2. The van der Waals surface area contributed by atoms with Crippen molar-refractivity contribution in [3.05, 3.63) is 24.3 Å². The fraction of sp³-hybridized carbons (Fsp3) is 0.438. The molecule has 0 saturated heterocycles. The van der Waals surface area contributed by atoms with Gasteiger partial charge in [0, 0.05) is 17.9 Å². The highest BCUT2D eigenvalue weighted by atomic mass is 32.1. The second-order valence-electron chi connectivity index (χ2n) is 5.31. The van der Waals surface area contributed by atoms with Gasteiger partial charge in [0.2, 0.25) is 0 Å². The van der Waals surface area contributed by atoms with E-state index in [1.165, 1.54) is 0 Å². The number of hydrogen-bond acceptors (Lipinski definition) is 4. The topological polar surface area (TPSA) is 85.4 Å². The van der Waals surface area contributed by atoms with Crippen molar-refractivity contribution in [2.24, 2.45) is 0 Å². The predicted molar refractivity (Wildman–Crippen MR) is 107 cm³/mol. The molecule has 0 unspecified atom stereocenters. The number of carbonyl (C=O) groups is 1. The van der Waals surface area contributed by atoms with Crippen molar-refractivity contribution in [3.63, 3.8) is 0 Å². The fourth-order valence-electron chi connectivity index (χ4n) is 2.08. The van der Waals surface area contributed by atoms with E-state index in [1.807, 2.05) is 31.2 Å². The van der Waals surface area contributed by atoms with Crippen LogP contribution in [0.25, 0.3) is 0 Å². The Balaban J connectivity index is 2.24. The van der Waals surface area contributed by atoms with E-state index in [1.54, 1.807) is 7.05 Å². The Bertz CT molecular complexity index is 564. The summed E-state index contributed by atoms with van der Waals surface area (Å²) in [7, 11) is 1.66. The van der Waals surface area contributed by atoms with E-state index in [2.05, 4.69) is 21.3 Å². The Labute approximate surface area is 153 Å². The molecule has 0 heterocycles. The first kappa shape index (κ1) is 20.3. The van der Waals surface area contributed by atoms with Gasteiger partial charge in [-0.25, -0.2) is 0 Å². The quantitative estimate of drug-likeness (QED) is 0.336. The highest BCUT2D eigenvalue weighted by Gasteiger charge is 2.13. The third-order valence-electron chi connectivity index (χ3n) is 3.31. The van der Waals surface area contributed by atoms with E-state index in [4.69, 9.17) is 29.5 Å². The SMILES string of the molecule is CN[C@@H](CCCCNC(=S)Nc1ccc(NC(C)=S)cc1)C(=O)O. The zero-order valence-electron chi connectivity index (χ0n) is 13.9. The van der Waals surface area contributed by atoms with Gasteiger partial charge in [0.25, 0.3) is 0 Å². The number of carboxylic acids is 1. The fourth-order valence-corrected chi connectivity index (χ4v) is 2.42. The molecule has 0 amide bonds. The molecule has 0 aliphatic carbocycles. The van der Waals surface area contributed by atoms with Crippen LogP contribution in [0.15, 0.2) is 24.3 Å². The number of likely N-dealkylation sites (N-methyl/N-ethyl adjacent to an activating group) is 1. The molecule has 1 aromatic rings. The van der Waals surface area contributed by atoms with Gasteiger partial charge in [0.15, 0.2) is 5.11 Å². The van der Waals surface area contributed by atoms with E-state index >= 15 is 0 Å². The minimum absolute atomic E-state index is 0.488. The van der Waals surface area contributed by atoms with Crippen LogP contribution in [0.3, 0.4) is 0 Å². The lowest BCUT2D eigenvalue weighted by atomic mass is 10.1. The van der Waals surface area contributed by atoms with E-state index in [9.17, 15) is 4.79 Å². The van der Waals surface area contributed by atoms with Crippen LogP contribution in [0.5, 0.6) is 0 Å². The van der Waals surface area contributed by atoms with Crippen molar-refractivity contribution in [2.75, 3.05) is 24.2 Å². The van der Waals surface area contributed by atoms with E-state index in [-0.39, 0.29) is 0 Å². The standard InChI is InChI=1S/C16H24N4O2S2/c1-11(23)19-12-6-8-13(9-7-12)20-16(24)18-10-4-3-5-14(17-2)15(21)22/h6-9,14,17H,3-5,10H2,1-2H3,(H,19,23)(H,21,22)(H2,18,20,24)/t14-/m0/s1. The van der Waals surface area contributed by atoms with Gasteiger partial charge in [-0.2, -0.15) is 0 Å². The van der Waals surface area contributed by atoms with Gasteiger partial charge in [-0.3, -0.25) is 4.79 Å². The van der Waals surface area contributed by atoms with Crippen LogP contribution in [0.2, 0.25) is 0 Å². The monoisotopic (exact) mass is 368 g/mol. The Morgan fingerprint density at radius 1 is 1.12 bits per heavy atom. The zero-order chi connectivity index (χ0) is 17.9. The Morgan fingerprint density at radius 2 is 1.71 bits per heavy atom. The second-order valence-corrected chi connectivity index (χ2v) is 6.34. The molecule has 0 aromatic heterocycles. The van der Waals surface area contributed by atoms with Crippen LogP contribution in [0.1, 0.15) is 26.2 Å². The van der Waals surface area contributed by atoms with Gasteiger partial charge in [-0.1, -0.05) is 12.2 Å². The lowest BCUT2D eigenvalue weighted by Gasteiger charge is -2.13. The van der Waals surface area contributed by atoms with E-state index in [0.29, 0.717) is 18.1 Å². The molecular formula is C16H24N4O2S2. The number of hydrogen-bond donors (Lipinski definition) is 5. The summed E-state index contributed by atoms with van der Waals surface area (Å²) in [5.41, 5.74) is 1.82. The molecule has 0 aliphatic heterocycles. The van der Waals surface area contributed by atoms with Gasteiger partial charge in [-0.05, 0) is 69.7 Å². The van der Waals surface area contributed by atoms with Crippen LogP contribution in [-0.4, -0.2) is 40.8 Å². The van der Waals surface area contributed by atoms with Crippen molar-refractivity contribution in [1.29, 1.82) is 0 Å². The molecule has 1 atom stereocenters. The number of thiocarbonyl (C=S) groups is 2. The van der Waals surface area contributed by atoms with Gasteiger partial charge >= 0.3 is 5.97 Å². The van der Waals surface area contributed by atoms with Crippen LogP contribution in [0.4, 0.5) is 11.4 Å². The van der Waals surface area contributed by atoms with Gasteiger partial charge in [-0.15, -0.1) is 0 Å². The maximum Gasteiger partial charge on any atom is 0.320 e. The molecule has 0 radical (unpaired) electrons. The van der Waals surface area contributed by atoms with Crippen LogP contribution in [0, 0.1) is 0 Å². The average molecular weight is 369 g/mol. The molecule has 0 aliphatic rings. The van der Waals surface area contributed by atoms with Crippen molar-refractivity contribution in [3.8, 4) is 0 Å². The molecule has 1 aromatic carbocycles. The molecule has 0 spiro atoms. The van der Waals surface area contributed by atoms with Gasteiger partial charge in [0.05, 0.1) is 4.99 Å². The normalized spacial score (nSPS) is 11.4. The maximum absolute atomic E-state index is 10.9. The first-order valence-electron chi connectivity index (χ1n) is 7.75. The first-order chi connectivity index (χ1) is 11.4. The summed E-state index contributed by atoms with van der Waals surface area (Å²) in [5, 5.41) is 21.5. The summed E-state index contributed by atoms with van der Waals surface area (Å²) in [6.07, 6.45) is 2.26. The van der Waals surface area contributed by atoms with Crippen molar-refractivity contribution >= 4 is 51.9 Å². The summed E-state index contributed by atoms with van der Waals surface area (Å²) < 4.78 is 0. The first-order valence-corrected chi connectivity index (χ1v) is 8.56. The number of rotatable bonds is 9. The number of unbranched alkanes of at least 4 members (excludes halogenated alkanes) is 1. The molecular weight excluding hydrogens is 344 g/mol. The van der Waals surface area contributed by atoms with Crippen molar-refractivity contribution in [1.82, 2.24) is 10.6 Å². The molecule has 24 heavy (non-hydrogen) atoms. The highest BCUT2D eigenvalue weighted by Crippen LogP contribution is 2.13. The molecule has 8 heteroatoms. The zero-order valence-corrected chi connectivity index (χ0v) is 15.5. The van der Waals surface area contributed by atoms with Gasteiger partial charge < -0.3 is 26.4 Å². The molecule has 1 rings (SSSR count). The third kappa shape index (κ3) is 8.19. The maximum atomic E-state index is 10.9. The Kier molecular flexibility index (Phi) is 9.21. The summed E-state index contributed by atoms with van der Waals surface area (Å²) in [4.78, 5) is 11.6. The lowest BCUT2D eigenvalue weighted by Crippen LogP contribution is -2.34. The van der Waals surface area contributed by atoms with Crippen LogP contribution in [-0.2, 0) is 4.79 Å². The number of aliphatic carboxylic acids is 1. The molecule has 6 nitrogen and oxygen atoms in total. The number of benzene rings is 1. The number of carboxylic acid groups (broad SMARTS) is 1.